The van der Waals surface area contributed by atoms with Crippen LogP contribution in [0.4, 0.5) is 0 Å². The second kappa shape index (κ2) is 7.00. The van der Waals surface area contributed by atoms with E-state index in [9.17, 15) is 0 Å². The predicted molar refractivity (Wildman–Crippen MR) is 112 cm³/mol. The highest BCUT2D eigenvalue weighted by Gasteiger charge is 2.06. The minimum atomic E-state index is 0.958. The van der Waals surface area contributed by atoms with Gasteiger partial charge in [0, 0.05) is 34.9 Å². The van der Waals surface area contributed by atoms with Gasteiger partial charge in [0.2, 0.25) is 0 Å². The van der Waals surface area contributed by atoms with Crippen molar-refractivity contribution in [3.63, 3.8) is 0 Å². The van der Waals surface area contributed by atoms with Gasteiger partial charge in [-0.1, -0.05) is 66.7 Å². The average molecular weight is 362 g/mol. The summed E-state index contributed by atoms with van der Waals surface area (Å²) < 4.78 is 4.09. The Hall–Kier alpha value is -3.92. The monoisotopic (exact) mass is 362 g/mol. The first-order chi connectivity index (χ1) is 13.9. The van der Waals surface area contributed by atoms with Gasteiger partial charge in [0.05, 0.1) is 24.0 Å². The Morgan fingerprint density at radius 2 is 0.964 bits per heavy atom. The standard InChI is InChI=1S/C24H18N4/c1-3-8-19(9-4-1)23-15-27(17-25-23)21-12-7-13-22(14-21)28-16-24(26-18-28)20-10-5-2-6-11-20/h1-18H. The normalized spacial score (nSPS) is 10.9. The van der Waals surface area contributed by atoms with Gasteiger partial charge in [0.1, 0.15) is 0 Å². The molecule has 3 aromatic carbocycles. The zero-order valence-electron chi connectivity index (χ0n) is 15.2. The molecule has 5 aromatic rings. The van der Waals surface area contributed by atoms with E-state index in [0.29, 0.717) is 0 Å². The number of hydrogen-bond acceptors (Lipinski definition) is 2. The highest BCUT2D eigenvalue weighted by molar-refractivity contribution is 5.60. The quantitative estimate of drug-likeness (QED) is 0.429. The summed E-state index contributed by atoms with van der Waals surface area (Å²) in [4.78, 5) is 9.11. The van der Waals surface area contributed by atoms with E-state index in [-0.39, 0.29) is 0 Å². The fourth-order valence-corrected chi connectivity index (χ4v) is 3.26. The van der Waals surface area contributed by atoms with Gasteiger partial charge in [-0.2, -0.15) is 0 Å². The van der Waals surface area contributed by atoms with Crippen LogP contribution in [0, 0.1) is 0 Å². The molecule has 0 amide bonds. The molecule has 28 heavy (non-hydrogen) atoms. The Morgan fingerprint density at radius 1 is 0.500 bits per heavy atom. The molecule has 0 radical (unpaired) electrons. The van der Waals surface area contributed by atoms with Crippen LogP contribution in [0.25, 0.3) is 33.9 Å². The van der Waals surface area contributed by atoms with Crippen molar-refractivity contribution in [3.05, 3.63) is 110 Å². The first-order valence-electron chi connectivity index (χ1n) is 9.16. The van der Waals surface area contributed by atoms with E-state index in [4.69, 9.17) is 0 Å². The van der Waals surface area contributed by atoms with Crippen molar-refractivity contribution in [1.29, 1.82) is 0 Å². The van der Waals surface area contributed by atoms with Crippen molar-refractivity contribution in [2.45, 2.75) is 0 Å². The summed E-state index contributed by atoms with van der Waals surface area (Å²) in [6, 6.07) is 28.7. The zero-order valence-corrected chi connectivity index (χ0v) is 15.2. The van der Waals surface area contributed by atoms with E-state index in [1.165, 1.54) is 0 Å². The van der Waals surface area contributed by atoms with Crippen LogP contribution in [0.5, 0.6) is 0 Å². The third kappa shape index (κ3) is 3.12. The Morgan fingerprint density at radius 3 is 1.43 bits per heavy atom. The van der Waals surface area contributed by atoms with Crippen LogP contribution in [0.15, 0.2) is 110 Å². The molecule has 0 aliphatic rings. The molecule has 2 heterocycles. The van der Waals surface area contributed by atoms with Crippen LogP contribution in [0.1, 0.15) is 0 Å². The van der Waals surface area contributed by atoms with Crippen LogP contribution in [-0.4, -0.2) is 19.1 Å². The number of benzene rings is 3. The number of imidazole rings is 2. The highest BCUT2D eigenvalue weighted by atomic mass is 15.1. The SMILES string of the molecule is c1ccc(-c2cn(-c3cccc(-n4cnc(-c5ccccc5)c4)c3)cn2)cc1. The molecule has 4 heteroatoms. The molecule has 0 atom stereocenters. The number of hydrogen-bond donors (Lipinski definition) is 0. The predicted octanol–water partition coefficient (Wildman–Crippen LogP) is 5.39. The molecular weight excluding hydrogens is 344 g/mol. The molecule has 0 saturated heterocycles. The molecule has 0 unspecified atom stereocenters. The lowest BCUT2D eigenvalue weighted by atomic mass is 10.2. The van der Waals surface area contributed by atoms with Crippen molar-refractivity contribution in [1.82, 2.24) is 19.1 Å². The van der Waals surface area contributed by atoms with E-state index in [1.807, 2.05) is 58.2 Å². The van der Waals surface area contributed by atoms with E-state index in [2.05, 4.69) is 70.9 Å². The van der Waals surface area contributed by atoms with Gasteiger partial charge in [-0.05, 0) is 18.2 Å². The first-order valence-corrected chi connectivity index (χ1v) is 9.16. The van der Waals surface area contributed by atoms with Gasteiger partial charge in [0.15, 0.2) is 0 Å². The molecule has 5 rings (SSSR count). The summed E-state index contributed by atoms with van der Waals surface area (Å²) in [5, 5.41) is 0. The lowest BCUT2D eigenvalue weighted by Gasteiger charge is -2.06. The number of nitrogens with zero attached hydrogens (tertiary/aromatic N) is 4. The minimum Gasteiger partial charge on any atom is -0.306 e. The molecular formula is C24H18N4. The smallest absolute Gasteiger partial charge is 0.0999 e. The van der Waals surface area contributed by atoms with Gasteiger partial charge in [-0.15, -0.1) is 0 Å². The molecule has 2 aromatic heterocycles. The molecule has 0 N–H and O–H groups in total. The Labute approximate surface area is 163 Å². The van der Waals surface area contributed by atoms with Crippen molar-refractivity contribution in [2.24, 2.45) is 0 Å². The van der Waals surface area contributed by atoms with Crippen LogP contribution >= 0.6 is 0 Å². The third-order valence-corrected chi connectivity index (χ3v) is 4.73. The average Bonchev–Trinajstić information content (AvgIpc) is 3.46. The maximum Gasteiger partial charge on any atom is 0.0999 e. The molecule has 0 saturated carbocycles. The fourth-order valence-electron chi connectivity index (χ4n) is 3.26. The van der Waals surface area contributed by atoms with E-state index in [1.54, 1.807) is 0 Å². The van der Waals surface area contributed by atoms with Gasteiger partial charge in [-0.25, -0.2) is 9.97 Å². The number of aromatic nitrogens is 4. The van der Waals surface area contributed by atoms with Gasteiger partial charge in [0.25, 0.3) is 0 Å². The largest absolute Gasteiger partial charge is 0.306 e. The summed E-state index contributed by atoms with van der Waals surface area (Å²) in [7, 11) is 0. The van der Waals surface area contributed by atoms with Gasteiger partial charge in [-0.3, -0.25) is 0 Å². The summed E-state index contributed by atoms with van der Waals surface area (Å²) >= 11 is 0. The first kappa shape index (κ1) is 16.3. The summed E-state index contributed by atoms with van der Waals surface area (Å²) in [5.74, 6) is 0. The second-order valence-electron chi connectivity index (χ2n) is 6.58. The zero-order chi connectivity index (χ0) is 18.8. The van der Waals surface area contributed by atoms with Crippen molar-refractivity contribution in [3.8, 4) is 33.9 Å². The molecule has 0 bridgehead atoms. The van der Waals surface area contributed by atoms with Crippen LogP contribution < -0.4 is 0 Å². The Kier molecular flexibility index (Phi) is 4.07. The van der Waals surface area contributed by atoms with Crippen LogP contribution in [-0.2, 0) is 0 Å². The maximum absolute atomic E-state index is 4.55. The van der Waals surface area contributed by atoms with Gasteiger partial charge >= 0.3 is 0 Å². The fraction of sp³-hybridized carbons (Fsp3) is 0. The van der Waals surface area contributed by atoms with Crippen LogP contribution in [0.3, 0.4) is 0 Å². The Bertz CT molecular complexity index is 1110. The summed E-state index contributed by atoms with van der Waals surface area (Å²) in [6.07, 6.45) is 7.81. The van der Waals surface area contributed by atoms with E-state index < -0.39 is 0 Å². The maximum atomic E-state index is 4.55. The summed E-state index contributed by atoms with van der Waals surface area (Å²) in [5.41, 5.74) is 6.25. The minimum absolute atomic E-state index is 0.958. The van der Waals surface area contributed by atoms with Crippen molar-refractivity contribution >= 4 is 0 Å². The molecule has 0 spiro atoms. The molecule has 0 fully saturated rings. The van der Waals surface area contributed by atoms with Crippen molar-refractivity contribution in [2.75, 3.05) is 0 Å². The van der Waals surface area contributed by atoms with Gasteiger partial charge < -0.3 is 9.13 Å². The molecule has 4 nitrogen and oxygen atoms in total. The second-order valence-corrected chi connectivity index (χ2v) is 6.58. The summed E-state index contributed by atoms with van der Waals surface area (Å²) in [6.45, 7) is 0. The highest BCUT2D eigenvalue weighted by Crippen LogP contribution is 2.22. The lowest BCUT2D eigenvalue weighted by Crippen LogP contribution is -1.94. The Balaban J connectivity index is 1.46. The molecule has 134 valence electrons. The topological polar surface area (TPSA) is 35.6 Å². The third-order valence-electron chi connectivity index (χ3n) is 4.73. The van der Waals surface area contributed by atoms with E-state index >= 15 is 0 Å². The number of rotatable bonds is 4. The lowest BCUT2D eigenvalue weighted by molar-refractivity contribution is 1.02. The molecule has 0 aliphatic carbocycles. The molecule has 0 aliphatic heterocycles. The van der Waals surface area contributed by atoms with E-state index in [0.717, 1.165) is 33.9 Å². The van der Waals surface area contributed by atoms with Crippen LogP contribution in [0.2, 0.25) is 0 Å². The van der Waals surface area contributed by atoms with Crippen molar-refractivity contribution < 1.29 is 0 Å².